The Hall–Kier alpha value is -0.740. The monoisotopic (exact) mass is 371 g/mol. The van der Waals surface area contributed by atoms with Crippen molar-refractivity contribution >= 4 is 39.1 Å². The van der Waals surface area contributed by atoms with Gasteiger partial charge in [0.05, 0.1) is 10.0 Å². The SMILES string of the molecule is NC1CC(c2cccc(Cl)c2Cl)Oc2ccc(Br)cc21. The standard InChI is InChI=1S/C15H12BrCl2NO/c16-8-4-5-13-10(6-8)12(19)7-14(20-13)9-2-1-3-11(17)15(9)18/h1-6,12,14H,7,19H2. The second-order valence-electron chi connectivity index (χ2n) is 4.77. The van der Waals surface area contributed by atoms with Gasteiger partial charge < -0.3 is 10.5 Å². The molecule has 1 heterocycles. The number of benzene rings is 2. The lowest BCUT2D eigenvalue weighted by atomic mass is 9.93. The lowest BCUT2D eigenvalue weighted by molar-refractivity contribution is 0.161. The summed E-state index contributed by atoms with van der Waals surface area (Å²) in [6, 6.07) is 11.3. The summed E-state index contributed by atoms with van der Waals surface area (Å²) in [6.07, 6.45) is 0.494. The second-order valence-corrected chi connectivity index (χ2v) is 6.47. The first-order chi connectivity index (χ1) is 9.56. The minimum atomic E-state index is -0.176. The van der Waals surface area contributed by atoms with E-state index in [0.717, 1.165) is 21.3 Å². The number of ether oxygens (including phenoxy) is 1. The molecule has 104 valence electrons. The molecule has 2 unspecified atom stereocenters. The molecule has 2 nitrogen and oxygen atoms in total. The van der Waals surface area contributed by atoms with Gasteiger partial charge >= 0.3 is 0 Å². The molecule has 0 bridgehead atoms. The van der Waals surface area contributed by atoms with Crippen molar-refractivity contribution in [2.45, 2.75) is 18.6 Å². The fourth-order valence-corrected chi connectivity index (χ4v) is 3.24. The molecule has 0 aliphatic carbocycles. The molecule has 0 amide bonds. The summed E-state index contributed by atoms with van der Waals surface area (Å²) >= 11 is 15.8. The number of halogens is 3. The highest BCUT2D eigenvalue weighted by atomic mass is 79.9. The van der Waals surface area contributed by atoms with Crippen LogP contribution in [0.1, 0.15) is 29.7 Å². The van der Waals surface area contributed by atoms with E-state index in [2.05, 4.69) is 15.9 Å². The first-order valence-corrected chi connectivity index (χ1v) is 7.76. The Morgan fingerprint density at radius 1 is 1.15 bits per heavy atom. The molecule has 1 aliphatic rings. The molecule has 0 radical (unpaired) electrons. The van der Waals surface area contributed by atoms with Crippen LogP contribution in [-0.4, -0.2) is 0 Å². The second kappa shape index (κ2) is 5.57. The molecule has 1 aliphatic heterocycles. The quantitative estimate of drug-likeness (QED) is 0.738. The van der Waals surface area contributed by atoms with Gasteiger partial charge in [0, 0.05) is 28.1 Å². The van der Waals surface area contributed by atoms with Crippen molar-refractivity contribution in [3.63, 3.8) is 0 Å². The van der Waals surface area contributed by atoms with E-state index in [1.165, 1.54) is 0 Å². The summed E-state index contributed by atoms with van der Waals surface area (Å²) in [4.78, 5) is 0. The highest BCUT2D eigenvalue weighted by molar-refractivity contribution is 9.10. The Labute approximate surface area is 136 Å². The molecule has 0 saturated heterocycles. The van der Waals surface area contributed by atoms with E-state index in [0.29, 0.717) is 16.5 Å². The van der Waals surface area contributed by atoms with Crippen LogP contribution in [0.25, 0.3) is 0 Å². The van der Waals surface area contributed by atoms with E-state index in [4.69, 9.17) is 33.7 Å². The molecule has 2 aromatic rings. The van der Waals surface area contributed by atoms with Crippen LogP contribution < -0.4 is 10.5 Å². The van der Waals surface area contributed by atoms with Crippen LogP contribution in [0.2, 0.25) is 10.0 Å². The third-order valence-electron chi connectivity index (χ3n) is 3.44. The number of fused-ring (bicyclic) bond motifs is 1. The van der Waals surface area contributed by atoms with Gasteiger partial charge in [0.2, 0.25) is 0 Å². The van der Waals surface area contributed by atoms with E-state index in [9.17, 15) is 0 Å². The van der Waals surface area contributed by atoms with E-state index in [-0.39, 0.29) is 12.1 Å². The average molecular weight is 373 g/mol. The van der Waals surface area contributed by atoms with Gasteiger partial charge in [-0.25, -0.2) is 0 Å². The number of rotatable bonds is 1. The van der Waals surface area contributed by atoms with Crippen molar-refractivity contribution in [3.05, 3.63) is 62.0 Å². The molecule has 0 spiro atoms. The van der Waals surface area contributed by atoms with Crippen molar-refractivity contribution in [2.75, 3.05) is 0 Å². The van der Waals surface area contributed by atoms with E-state index in [1.54, 1.807) is 6.07 Å². The Kier molecular flexibility index (Phi) is 3.95. The molecule has 5 heteroatoms. The molecule has 20 heavy (non-hydrogen) atoms. The van der Waals surface area contributed by atoms with E-state index < -0.39 is 0 Å². The lowest BCUT2D eigenvalue weighted by Crippen LogP contribution is -2.24. The topological polar surface area (TPSA) is 35.2 Å². The molecule has 2 aromatic carbocycles. The van der Waals surface area contributed by atoms with Crippen LogP contribution in [0.4, 0.5) is 0 Å². The minimum absolute atomic E-state index is 0.0868. The largest absolute Gasteiger partial charge is 0.485 e. The fourth-order valence-electron chi connectivity index (χ4n) is 2.43. The molecule has 2 N–H and O–H groups in total. The third kappa shape index (κ3) is 2.56. The van der Waals surface area contributed by atoms with Crippen molar-refractivity contribution in [1.29, 1.82) is 0 Å². The molecule has 0 fully saturated rings. The molecule has 0 aromatic heterocycles. The maximum absolute atomic E-state index is 6.27. The summed E-state index contributed by atoms with van der Waals surface area (Å²) in [6.45, 7) is 0. The smallest absolute Gasteiger partial charge is 0.127 e. The molecular weight excluding hydrogens is 361 g/mol. The van der Waals surface area contributed by atoms with Gasteiger partial charge in [0.25, 0.3) is 0 Å². The predicted octanol–water partition coefficient (Wildman–Crippen LogP) is 5.28. The van der Waals surface area contributed by atoms with Crippen molar-refractivity contribution in [2.24, 2.45) is 5.73 Å². The van der Waals surface area contributed by atoms with Crippen LogP contribution >= 0.6 is 39.1 Å². The maximum atomic E-state index is 6.27. The van der Waals surface area contributed by atoms with Gasteiger partial charge in [-0.3, -0.25) is 0 Å². The number of hydrogen-bond acceptors (Lipinski definition) is 2. The van der Waals surface area contributed by atoms with Gasteiger partial charge in [-0.05, 0) is 24.3 Å². The Morgan fingerprint density at radius 3 is 2.75 bits per heavy atom. The number of hydrogen-bond donors (Lipinski definition) is 1. The summed E-state index contributed by atoms with van der Waals surface area (Å²) in [5.41, 5.74) is 8.14. The van der Waals surface area contributed by atoms with Gasteiger partial charge in [0.1, 0.15) is 11.9 Å². The zero-order valence-corrected chi connectivity index (χ0v) is 13.5. The predicted molar refractivity (Wildman–Crippen MR) is 85.5 cm³/mol. The van der Waals surface area contributed by atoms with Gasteiger partial charge in [0.15, 0.2) is 0 Å². The van der Waals surface area contributed by atoms with Crippen molar-refractivity contribution in [1.82, 2.24) is 0 Å². The Morgan fingerprint density at radius 2 is 1.95 bits per heavy atom. The average Bonchev–Trinajstić information content (AvgIpc) is 2.42. The van der Waals surface area contributed by atoms with Crippen LogP contribution in [0, 0.1) is 0 Å². The lowest BCUT2D eigenvalue weighted by Gasteiger charge is -2.31. The highest BCUT2D eigenvalue weighted by Gasteiger charge is 2.28. The van der Waals surface area contributed by atoms with Crippen LogP contribution in [-0.2, 0) is 0 Å². The first kappa shape index (κ1) is 14.2. The molecule has 3 rings (SSSR count). The van der Waals surface area contributed by atoms with Crippen molar-refractivity contribution < 1.29 is 4.74 Å². The summed E-state index contributed by atoms with van der Waals surface area (Å²) in [5, 5.41) is 1.06. The summed E-state index contributed by atoms with van der Waals surface area (Å²) < 4.78 is 7.03. The Bertz CT molecular complexity index is 662. The number of nitrogens with two attached hydrogens (primary N) is 1. The van der Waals surface area contributed by atoms with Crippen molar-refractivity contribution in [3.8, 4) is 5.75 Å². The molecule has 2 atom stereocenters. The van der Waals surface area contributed by atoms with Gasteiger partial charge in [-0.15, -0.1) is 0 Å². The van der Waals surface area contributed by atoms with E-state index in [1.807, 2.05) is 30.3 Å². The summed E-state index contributed by atoms with van der Waals surface area (Å²) in [5.74, 6) is 0.799. The van der Waals surface area contributed by atoms with Crippen LogP contribution in [0.5, 0.6) is 5.75 Å². The zero-order valence-electron chi connectivity index (χ0n) is 10.4. The zero-order chi connectivity index (χ0) is 14.3. The minimum Gasteiger partial charge on any atom is -0.485 e. The highest BCUT2D eigenvalue weighted by Crippen LogP contribution is 2.43. The normalized spacial score (nSPS) is 21.2. The van der Waals surface area contributed by atoms with E-state index >= 15 is 0 Å². The fraction of sp³-hybridized carbons (Fsp3) is 0.200. The molecular formula is C15H12BrCl2NO. The van der Waals surface area contributed by atoms with Crippen LogP contribution in [0.15, 0.2) is 40.9 Å². The van der Waals surface area contributed by atoms with Gasteiger partial charge in [-0.1, -0.05) is 51.3 Å². The molecule has 0 saturated carbocycles. The maximum Gasteiger partial charge on any atom is 0.127 e. The third-order valence-corrected chi connectivity index (χ3v) is 4.76. The summed E-state index contributed by atoms with van der Waals surface area (Å²) in [7, 11) is 0. The van der Waals surface area contributed by atoms with Crippen LogP contribution in [0.3, 0.4) is 0 Å². The van der Waals surface area contributed by atoms with Gasteiger partial charge in [-0.2, -0.15) is 0 Å². The first-order valence-electron chi connectivity index (χ1n) is 6.22. The Balaban J connectivity index is 1.99.